The van der Waals surface area contributed by atoms with Gasteiger partial charge >= 0.3 is 0 Å². The fourth-order valence-corrected chi connectivity index (χ4v) is 10.8. The van der Waals surface area contributed by atoms with Crippen LogP contribution in [0.4, 0.5) is 0 Å². The molecule has 2 aliphatic carbocycles. The molecule has 0 N–H and O–H groups in total. The lowest BCUT2D eigenvalue weighted by Gasteiger charge is -2.20. The van der Waals surface area contributed by atoms with Gasteiger partial charge in [-0.05, 0) is 47.3 Å². The van der Waals surface area contributed by atoms with Gasteiger partial charge in [-0.3, -0.25) is 0 Å². The molecule has 166 valence electrons. The molecule has 0 bridgehead atoms. The minimum Gasteiger partial charge on any atom is -0.132 e. The van der Waals surface area contributed by atoms with E-state index in [0.717, 1.165) is 0 Å². The minimum atomic E-state index is -1.53. The van der Waals surface area contributed by atoms with E-state index in [9.17, 15) is 0 Å². The fraction of sp³-hybridized carbons (Fsp3) is 0.226. The Hall–Kier alpha value is -2.82. The fourth-order valence-electron chi connectivity index (χ4n) is 5.44. The molecule has 4 aromatic rings. The van der Waals surface area contributed by atoms with Crippen LogP contribution < -0.4 is 9.06 Å². The Labute approximate surface area is 210 Å². The van der Waals surface area contributed by atoms with Gasteiger partial charge in [0.25, 0.3) is 0 Å². The number of benzene rings is 2. The zero-order valence-electron chi connectivity index (χ0n) is 20.1. The van der Waals surface area contributed by atoms with Crippen molar-refractivity contribution in [3.8, 4) is 45.6 Å². The molecule has 2 aromatic carbocycles. The third-order valence-electron chi connectivity index (χ3n) is 7.64. The Morgan fingerprint density at radius 2 is 1.09 bits per heavy atom. The lowest BCUT2D eigenvalue weighted by Crippen LogP contribution is -2.29. The Kier molecular flexibility index (Phi) is 5.19. The second-order valence-corrected chi connectivity index (χ2v) is 16.1. The predicted octanol–water partition coefficient (Wildman–Crippen LogP) is 7.40. The van der Waals surface area contributed by atoms with Crippen molar-refractivity contribution in [1.29, 1.82) is 0 Å². The first kappa shape index (κ1) is 21.7. The van der Waals surface area contributed by atoms with E-state index in [2.05, 4.69) is 92.6 Å². The maximum Gasteiger partial charge on any atom is 0.138 e. The third-order valence-corrected chi connectivity index (χ3v) is 14.9. The zero-order valence-corrected chi connectivity index (χ0v) is 22.7. The van der Waals surface area contributed by atoms with Crippen molar-refractivity contribution in [3.63, 3.8) is 0 Å². The molecule has 0 unspecified atom stereocenters. The maximum absolute atomic E-state index is 3.87. The van der Waals surface area contributed by atoms with E-state index < -0.39 is 8.07 Å². The zero-order chi connectivity index (χ0) is 23.4. The highest BCUT2D eigenvalue weighted by molar-refractivity contribution is 7.28. The summed E-state index contributed by atoms with van der Waals surface area (Å²) in [5.41, 5.74) is 14.4. The first-order chi connectivity index (χ1) is 16.7. The molecule has 2 aromatic heterocycles. The van der Waals surface area contributed by atoms with Crippen LogP contribution in [0.5, 0.6) is 0 Å². The smallest absolute Gasteiger partial charge is 0.132 e. The van der Waals surface area contributed by atoms with E-state index in [0.29, 0.717) is 0 Å². The largest absolute Gasteiger partial charge is 0.138 e. The molecule has 2 heterocycles. The van der Waals surface area contributed by atoms with Crippen LogP contribution in [-0.4, -0.2) is 8.07 Å². The van der Waals surface area contributed by atoms with E-state index in [1.165, 1.54) is 81.1 Å². The summed E-state index contributed by atoms with van der Waals surface area (Å²) >= 11 is 3.87. The molecule has 0 amide bonds. The number of fused-ring (bicyclic) bond motifs is 9. The Morgan fingerprint density at radius 3 is 1.53 bits per heavy atom. The van der Waals surface area contributed by atoms with Crippen molar-refractivity contribution >= 4 is 51.3 Å². The van der Waals surface area contributed by atoms with Crippen molar-refractivity contribution in [2.45, 2.75) is 45.8 Å². The highest BCUT2D eigenvalue weighted by atomic mass is 32.1. The van der Waals surface area contributed by atoms with Crippen molar-refractivity contribution in [1.82, 2.24) is 0 Å². The molecular formula is C31H26S2Si. The topological polar surface area (TPSA) is 0 Å². The molecule has 0 fully saturated rings. The van der Waals surface area contributed by atoms with E-state index in [4.69, 9.17) is 0 Å². The first-order valence-electron chi connectivity index (χ1n) is 12.2. The lowest BCUT2D eigenvalue weighted by atomic mass is 10.0. The number of hydrogen-bond acceptors (Lipinski definition) is 2. The summed E-state index contributed by atoms with van der Waals surface area (Å²) in [4.78, 5) is 0. The summed E-state index contributed by atoms with van der Waals surface area (Å²) in [6.45, 7) is 8.94. The number of rotatable bonds is 3. The number of thiophene rings is 2. The molecule has 0 atom stereocenters. The Balaban J connectivity index is 1.70. The van der Waals surface area contributed by atoms with Gasteiger partial charge in [0, 0.05) is 16.7 Å². The summed E-state index contributed by atoms with van der Waals surface area (Å²) in [5, 5.41) is 0. The van der Waals surface area contributed by atoms with Crippen molar-refractivity contribution in [2.75, 3.05) is 0 Å². The van der Waals surface area contributed by atoms with Gasteiger partial charge in [0.2, 0.25) is 0 Å². The van der Waals surface area contributed by atoms with Crippen LogP contribution in [0, 0.1) is 23.3 Å². The van der Waals surface area contributed by atoms with Gasteiger partial charge in [0.05, 0.1) is 24.0 Å². The minimum absolute atomic E-state index is 1.19. The van der Waals surface area contributed by atoms with Gasteiger partial charge in [-0.1, -0.05) is 81.1 Å². The van der Waals surface area contributed by atoms with Crippen LogP contribution in [0.15, 0.2) is 48.5 Å². The van der Waals surface area contributed by atoms with Crippen molar-refractivity contribution in [3.05, 3.63) is 68.7 Å². The van der Waals surface area contributed by atoms with Crippen LogP contribution >= 0.6 is 22.7 Å². The van der Waals surface area contributed by atoms with E-state index in [-0.39, 0.29) is 0 Å². The molecule has 6 rings (SSSR count). The van der Waals surface area contributed by atoms with Gasteiger partial charge in [0.15, 0.2) is 0 Å². The third kappa shape index (κ3) is 2.91. The number of hydrogen-bond donors (Lipinski definition) is 0. The van der Waals surface area contributed by atoms with Crippen LogP contribution in [-0.2, 0) is 0 Å². The second kappa shape index (κ2) is 8.14. The molecule has 0 aliphatic heterocycles. The molecule has 0 radical (unpaired) electrons. The van der Waals surface area contributed by atoms with Crippen molar-refractivity contribution < 1.29 is 0 Å². The highest BCUT2D eigenvalue weighted by Crippen LogP contribution is 2.47. The molecule has 0 saturated carbocycles. The molecule has 34 heavy (non-hydrogen) atoms. The summed E-state index contributed by atoms with van der Waals surface area (Å²) in [6.07, 6.45) is 0. The molecule has 0 nitrogen and oxygen atoms in total. The van der Waals surface area contributed by atoms with Crippen molar-refractivity contribution in [2.24, 2.45) is 0 Å². The molecule has 2 aliphatic rings. The molecule has 0 spiro atoms. The van der Waals surface area contributed by atoms with E-state index in [1.807, 2.05) is 29.6 Å². The molecule has 3 heteroatoms. The quantitative estimate of drug-likeness (QED) is 0.207. The monoisotopic (exact) mass is 490 g/mol. The van der Waals surface area contributed by atoms with Crippen LogP contribution in [0.2, 0.25) is 18.1 Å². The average molecular weight is 491 g/mol. The normalized spacial score (nSPS) is 13.1. The van der Waals surface area contributed by atoms with Gasteiger partial charge in [-0.2, -0.15) is 0 Å². The summed E-state index contributed by atoms with van der Waals surface area (Å²) in [5.74, 6) is 10.3. The summed E-state index contributed by atoms with van der Waals surface area (Å²) in [6, 6.07) is 21.3. The summed E-state index contributed by atoms with van der Waals surface area (Å²) in [7, 11) is -1.53. The standard InChI is InChI=1S/C31H26S2Si/c1-5-13-24-20-14-9-11-16-22(20)26-28(24)32-31-27-23-17-12-10-15-21(23)25(29(27)33-30(26)31)18-19-34(6-2,7-3)8-4/h9-12,14-17H,6-8H2,1-4H3. The summed E-state index contributed by atoms with van der Waals surface area (Å²) < 4.78 is 5.52. The Bertz CT molecular complexity index is 1730. The lowest BCUT2D eigenvalue weighted by molar-refractivity contribution is 1.20. The average Bonchev–Trinajstić information content (AvgIpc) is 3.57. The first-order valence-corrected chi connectivity index (χ1v) is 16.4. The van der Waals surface area contributed by atoms with Crippen LogP contribution in [0.1, 0.15) is 38.8 Å². The van der Waals surface area contributed by atoms with Gasteiger partial charge in [0.1, 0.15) is 8.07 Å². The maximum atomic E-state index is 3.87. The molecule has 0 saturated heterocycles. The van der Waals surface area contributed by atoms with Gasteiger partial charge < -0.3 is 0 Å². The Morgan fingerprint density at radius 1 is 0.647 bits per heavy atom. The van der Waals surface area contributed by atoms with E-state index in [1.54, 1.807) is 0 Å². The highest BCUT2D eigenvalue weighted by Gasteiger charge is 2.30. The van der Waals surface area contributed by atoms with Crippen LogP contribution in [0.25, 0.3) is 42.8 Å². The van der Waals surface area contributed by atoms with Gasteiger partial charge in [-0.15, -0.1) is 34.1 Å². The second-order valence-electron chi connectivity index (χ2n) is 9.08. The predicted molar refractivity (Wildman–Crippen MR) is 153 cm³/mol. The SMILES string of the molecule is CC#CC1=c2sc3c4c(sc3c2-c2ccccc21)=C(C#C[Si](CC)(CC)CC)c1ccccc1-4. The van der Waals surface area contributed by atoms with E-state index >= 15 is 0 Å². The molecular weight excluding hydrogens is 465 g/mol. The van der Waals surface area contributed by atoms with Crippen LogP contribution in [0.3, 0.4) is 0 Å². The van der Waals surface area contributed by atoms with Gasteiger partial charge in [-0.25, -0.2) is 0 Å².